The summed E-state index contributed by atoms with van der Waals surface area (Å²) in [5, 5.41) is 2.92. The van der Waals surface area contributed by atoms with Crippen LogP contribution in [0, 0.1) is 28.6 Å². The van der Waals surface area contributed by atoms with Gasteiger partial charge in [0.1, 0.15) is 5.75 Å². The number of para-hydroxylation sites is 1. The second-order valence-corrected chi connectivity index (χ2v) is 11.3. The molecule has 1 N–H and O–H groups in total. The van der Waals surface area contributed by atoms with Gasteiger partial charge in [0, 0.05) is 24.5 Å². The van der Waals surface area contributed by atoms with Gasteiger partial charge in [0.15, 0.2) is 0 Å². The fraction of sp³-hybridized carbons (Fsp3) is 0.630. The zero-order valence-corrected chi connectivity index (χ0v) is 20.4. The molecular formula is C27H33F3N2O3. The standard InChI is InChI=1S/C27H33F3N2O3/c1-25-14-12-18-16(8-11-22-26(18,2)15-13-23(33)32(22)3)17(25)9-10-21(25)31-24(34)35-20-7-5-4-6-19(20)27(28,29)30/h4-7,13,15-18,21-22H,8-12,14H2,1-3H3,(H,31,34)/t16-,17-,18-,21-,22+,25-,26+/m0/s1. The number of alkyl halides is 3. The number of carbonyl (C=O) groups excluding carboxylic acids is 2. The van der Waals surface area contributed by atoms with Crippen LogP contribution in [0.1, 0.15) is 57.9 Å². The van der Waals surface area contributed by atoms with E-state index < -0.39 is 23.6 Å². The van der Waals surface area contributed by atoms with Crippen LogP contribution < -0.4 is 10.1 Å². The number of carbonyl (C=O) groups is 2. The Balaban J connectivity index is 1.31. The Labute approximate surface area is 204 Å². The molecule has 0 spiro atoms. The molecule has 190 valence electrons. The lowest BCUT2D eigenvalue weighted by atomic mass is 9.48. The highest BCUT2D eigenvalue weighted by Gasteiger charge is 2.60. The number of benzene rings is 1. The average Bonchev–Trinajstić information content (AvgIpc) is 3.12. The van der Waals surface area contributed by atoms with E-state index in [4.69, 9.17) is 4.74 Å². The minimum atomic E-state index is -4.60. The first-order valence-electron chi connectivity index (χ1n) is 12.6. The first-order valence-corrected chi connectivity index (χ1v) is 12.6. The number of amides is 2. The number of ether oxygens (including phenoxy) is 1. The number of halogens is 3. The predicted molar refractivity (Wildman–Crippen MR) is 124 cm³/mol. The molecule has 0 unspecified atom stereocenters. The van der Waals surface area contributed by atoms with Gasteiger partial charge < -0.3 is 15.0 Å². The highest BCUT2D eigenvalue weighted by atomic mass is 19.4. The molecule has 0 bridgehead atoms. The summed E-state index contributed by atoms with van der Waals surface area (Å²) < 4.78 is 45.1. The van der Waals surface area contributed by atoms with Crippen LogP contribution in [0.25, 0.3) is 0 Å². The zero-order valence-electron chi connectivity index (χ0n) is 20.4. The van der Waals surface area contributed by atoms with Gasteiger partial charge in [0.05, 0.1) is 5.56 Å². The summed E-state index contributed by atoms with van der Waals surface area (Å²) in [6.45, 7) is 4.51. The molecule has 4 aliphatic rings. The summed E-state index contributed by atoms with van der Waals surface area (Å²) in [4.78, 5) is 26.9. The monoisotopic (exact) mass is 490 g/mol. The maximum Gasteiger partial charge on any atom is 0.419 e. The van der Waals surface area contributed by atoms with Crippen molar-refractivity contribution in [1.29, 1.82) is 0 Å². The maximum atomic E-state index is 13.3. The van der Waals surface area contributed by atoms with Crippen LogP contribution in [0.4, 0.5) is 18.0 Å². The molecule has 3 aliphatic carbocycles. The van der Waals surface area contributed by atoms with Gasteiger partial charge in [-0.3, -0.25) is 4.79 Å². The third-order valence-electron chi connectivity index (χ3n) is 9.81. The van der Waals surface area contributed by atoms with Crippen LogP contribution in [0.15, 0.2) is 36.4 Å². The molecule has 2 amide bonds. The van der Waals surface area contributed by atoms with Gasteiger partial charge in [-0.15, -0.1) is 0 Å². The quantitative estimate of drug-likeness (QED) is 0.570. The Kier molecular flexibility index (Phi) is 5.72. The minimum absolute atomic E-state index is 0.0569. The van der Waals surface area contributed by atoms with Gasteiger partial charge in [-0.25, -0.2) is 4.79 Å². The van der Waals surface area contributed by atoms with E-state index in [1.807, 2.05) is 11.9 Å². The molecule has 5 rings (SSSR count). The summed E-state index contributed by atoms with van der Waals surface area (Å²) in [5.74, 6) is 0.978. The summed E-state index contributed by atoms with van der Waals surface area (Å²) in [7, 11) is 1.90. The van der Waals surface area contributed by atoms with Crippen molar-refractivity contribution in [2.75, 3.05) is 7.05 Å². The topological polar surface area (TPSA) is 58.6 Å². The highest BCUT2D eigenvalue weighted by molar-refractivity contribution is 5.89. The van der Waals surface area contributed by atoms with Crippen molar-refractivity contribution in [1.82, 2.24) is 10.2 Å². The molecule has 3 saturated carbocycles. The minimum Gasteiger partial charge on any atom is -0.410 e. The van der Waals surface area contributed by atoms with Gasteiger partial charge in [0.2, 0.25) is 5.91 Å². The summed E-state index contributed by atoms with van der Waals surface area (Å²) >= 11 is 0. The highest BCUT2D eigenvalue weighted by Crippen LogP contribution is 2.63. The smallest absolute Gasteiger partial charge is 0.410 e. The molecule has 0 saturated heterocycles. The molecule has 1 aromatic rings. The van der Waals surface area contributed by atoms with E-state index in [1.54, 1.807) is 6.08 Å². The third-order valence-corrected chi connectivity index (χ3v) is 9.81. The Morgan fingerprint density at radius 3 is 2.57 bits per heavy atom. The van der Waals surface area contributed by atoms with E-state index in [-0.39, 0.29) is 28.8 Å². The largest absolute Gasteiger partial charge is 0.419 e. The van der Waals surface area contributed by atoms with Crippen molar-refractivity contribution < 1.29 is 27.5 Å². The molecule has 1 aromatic carbocycles. The number of hydrogen-bond acceptors (Lipinski definition) is 3. The predicted octanol–water partition coefficient (Wildman–Crippen LogP) is 5.80. The summed E-state index contributed by atoms with van der Waals surface area (Å²) in [6.07, 6.45) is 4.13. The Morgan fingerprint density at radius 2 is 1.83 bits per heavy atom. The number of nitrogens with zero attached hydrogens (tertiary/aromatic N) is 1. The van der Waals surface area contributed by atoms with Crippen LogP contribution in [0.5, 0.6) is 5.75 Å². The van der Waals surface area contributed by atoms with Crippen LogP contribution in [-0.4, -0.2) is 36.0 Å². The lowest BCUT2D eigenvalue weighted by molar-refractivity contribution is -0.139. The van der Waals surface area contributed by atoms with E-state index in [9.17, 15) is 22.8 Å². The van der Waals surface area contributed by atoms with Gasteiger partial charge in [-0.1, -0.05) is 32.1 Å². The molecule has 8 heteroatoms. The molecule has 0 radical (unpaired) electrons. The van der Waals surface area contributed by atoms with Crippen LogP contribution in [-0.2, 0) is 11.0 Å². The first-order chi connectivity index (χ1) is 16.4. The van der Waals surface area contributed by atoms with Crippen LogP contribution in [0.3, 0.4) is 0 Å². The molecule has 7 atom stereocenters. The molecule has 3 fully saturated rings. The van der Waals surface area contributed by atoms with Gasteiger partial charge in [-0.2, -0.15) is 13.2 Å². The summed E-state index contributed by atoms with van der Waals surface area (Å²) in [5.41, 5.74) is -1.15. The van der Waals surface area contributed by atoms with Gasteiger partial charge in [0.25, 0.3) is 0 Å². The number of nitrogens with one attached hydrogen (secondary N) is 1. The fourth-order valence-corrected chi connectivity index (χ4v) is 8.04. The van der Waals surface area contributed by atoms with E-state index in [1.165, 1.54) is 18.2 Å². The maximum absolute atomic E-state index is 13.3. The molecule has 1 aliphatic heterocycles. The number of fused-ring (bicyclic) bond motifs is 5. The normalized spacial score (nSPS) is 38.4. The Bertz CT molecular complexity index is 1060. The van der Waals surface area contributed by atoms with Crippen molar-refractivity contribution in [2.45, 2.75) is 70.6 Å². The van der Waals surface area contributed by atoms with Crippen molar-refractivity contribution in [3.63, 3.8) is 0 Å². The van der Waals surface area contributed by atoms with E-state index in [2.05, 4.69) is 25.2 Å². The Morgan fingerprint density at radius 1 is 1.09 bits per heavy atom. The number of hydrogen-bond donors (Lipinski definition) is 1. The lowest BCUT2D eigenvalue weighted by Crippen LogP contribution is -2.60. The lowest BCUT2D eigenvalue weighted by Gasteiger charge is -2.60. The molecule has 0 aromatic heterocycles. The van der Waals surface area contributed by atoms with Gasteiger partial charge in [-0.05, 0) is 79.9 Å². The molecule has 35 heavy (non-hydrogen) atoms. The first kappa shape index (κ1) is 24.2. The second-order valence-electron chi connectivity index (χ2n) is 11.3. The fourth-order valence-electron chi connectivity index (χ4n) is 8.04. The zero-order chi connectivity index (χ0) is 25.2. The number of likely N-dealkylation sites (N-methyl/N-ethyl adjacent to an activating group) is 1. The van der Waals surface area contributed by atoms with E-state index in [0.29, 0.717) is 17.8 Å². The summed E-state index contributed by atoms with van der Waals surface area (Å²) in [6, 6.07) is 4.86. The molecular weight excluding hydrogens is 457 g/mol. The average molecular weight is 491 g/mol. The van der Waals surface area contributed by atoms with Crippen molar-refractivity contribution >= 4 is 12.0 Å². The van der Waals surface area contributed by atoms with Crippen molar-refractivity contribution in [3.05, 3.63) is 42.0 Å². The SMILES string of the molecule is CN1C(=O)C=C[C@]2(C)[C@H]3CC[C@]4(C)[C@@H](NC(=O)Oc5ccccc5C(F)(F)F)CC[C@H]4[C@@H]3CC[C@@H]12. The second kappa shape index (κ2) is 8.27. The third kappa shape index (κ3) is 3.84. The Hall–Kier alpha value is -2.51. The van der Waals surface area contributed by atoms with Crippen LogP contribution >= 0.6 is 0 Å². The molecule has 1 heterocycles. The molecule has 5 nitrogen and oxygen atoms in total. The van der Waals surface area contributed by atoms with Crippen molar-refractivity contribution in [3.8, 4) is 5.75 Å². The van der Waals surface area contributed by atoms with Crippen molar-refractivity contribution in [2.24, 2.45) is 28.6 Å². The van der Waals surface area contributed by atoms with E-state index in [0.717, 1.165) is 44.6 Å². The van der Waals surface area contributed by atoms with Gasteiger partial charge >= 0.3 is 12.3 Å². The van der Waals surface area contributed by atoms with Crippen LogP contribution in [0.2, 0.25) is 0 Å². The number of rotatable bonds is 2. The van der Waals surface area contributed by atoms with E-state index >= 15 is 0 Å².